The van der Waals surface area contributed by atoms with Crippen molar-refractivity contribution in [3.63, 3.8) is 0 Å². The Morgan fingerprint density at radius 3 is 3.10 bits per heavy atom. The lowest BCUT2D eigenvalue weighted by molar-refractivity contribution is 0.0698. The standard InChI is InChI=1S/C16H20N2O2/c1-19-15-6-2-4-12-7-8-13(18-16(12)15)10-17-14-5-3-9-20-11-14/h2,4,6-8,14,17H,3,5,9-11H2,1H3. The predicted molar refractivity (Wildman–Crippen MR) is 79.0 cm³/mol. The van der Waals surface area contributed by atoms with Gasteiger partial charge in [0.1, 0.15) is 11.3 Å². The first kappa shape index (κ1) is 13.3. The number of methoxy groups -OCH3 is 1. The highest BCUT2D eigenvalue weighted by Crippen LogP contribution is 2.23. The van der Waals surface area contributed by atoms with Gasteiger partial charge in [0.25, 0.3) is 0 Å². The molecule has 1 atom stereocenters. The van der Waals surface area contributed by atoms with E-state index in [4.69, 9.17) is 14.5 Å². The van der Waals surface area contributed by atoms with Crippen molar-refractivity contribution in [2.75, 3.05) is 20.3 Å². The van der Waals surface area contributed by atoms with Crippen LogP contribution >= 0.6 is 0 Å². The number of benzene rings is 1. The van der Waals surface area contributed by atoms with Crippen LogP contribution in [0.4, 0.5) is 0 Å². The number of para-hydroxylation sites is 1. The van der Waals surface area contributed by atoms with Crippen molar-refractivity contribution >= 4 is 10.9 Å². The van der Waals surface area contributed by atoms with Crippen molar-refractivity contribution in [1.82, 2.24) is 10.3 Å². The number of rotatable bonds is 4. The summed E-state index contributed by atoms with van der Waals surface area (Å²) in [5, 5.41) is 4.62. The molecule has 106 valence electrons. The van der Waals surface area contributed by atoms with Gasteiger partial charge >= 0.3 is 0 Å². The van der Waals surface area contributed by atoms with Gasteiger partial charge in [-0.15, -0.1) is 0 Å². The number of aromatic nitrogens is 1. The monoisotopic (exact) mass is 272 g/mol. The summed E-state index contributed by atoms with van der Waals surface area (Å²) in [6.45, 7) is 2.46. The summed E-state index contributed by atoms with van der Waals surface area (Å²) >= 11 is 0. The van der Waals surface area contributed by atoms with E-state index in [9.17, 15) is 0 Å². The fraction of sp³-hybridized carbons (Fsp3) is 0.438. The van der Waals surface area contributed by atoms with Gasteiger partial charge in [-0.1, -0.05) is 18.2 Å². The number of pyridine rings is 1. The highest BCUT2D eigenvalue weighted by molar-refractivity contribution is 5.84. The van der Waals surface area contributed by atoms with Gasteiger partial charge in [-0.3, -0.25) is 0 Å². The molecule has 1 fully saturated rings. The Kier molecular flexibility index (Phi) is 4.14. The molecule has 0 radical (unpaired) electrons. The Labute approximate surface area is 119 Å². The molecule has 4 heteroatoms. The minimum atomic E-state index is 0.443. The maximum Gasteiger partial charge on any atom is 0.145 e. The van der Waals surface area contributed by atoms with Crippen LogP contribution in [0, 0.1) is 0 Å². The number of hydrogen-bond donors (Lipinski definition) is 1. The van der Waals surface area contributed by atoms with Gasteiger partial charge < -0.3 is 14.8 Å². The van der Waals surface area contributed by atoms with Crippen LogP contribution in [0.1, 0.15) is 18.5 Å². The van der Waals surface area contributed by atoms with Gasteiger partial charge in [0.2, 0.25) is 0 Å². The lowest BCUT2D eigenvalue weighted by Gasteiger charge is -2.23. The highest BCUT2D eigenvalue weighted by atomic mass is 16.5. The smallest absolute Gasteiger partial charge is 0.145 e. The number of nitrogens with zero attached hydrogens (tertiary/aromatic N) is 1. The SMILES string of the molecule is COc1cccc2ccc(CNC3CCCOC3)nc12. The van der Waals surface area contributed by atoms with Crippen LogP contribution in [-0.4, -0.2) is 31.3 Å². The van der Waals surface area contributed by atoms with E-state index in [0.29, 0.717) is 6.04 Å². The van der Waals surface area contributed by atoms with Crippen LogP contribution in [0.15, 0.2) is 30.3 Å². The van der Waals surface area contributed by atoms with Crippen LogP contribution in [-0.2, 0) is 11.3 Å². The molecule has 1 aromatic carbocycles. The minimum absolute atomic E-state index is 0.443. The molecule has 1 aromatic heterocycles. The van der Waals surface area contributed by atoms with Gasteiger partial charge in [-0.2, -0.15) is 0 Å². The van der Waals surface area contributed by atoms with Crippen molar-refractivity contribution in [3.8, 4) is 5.75 Å². The summed E-state index contributed by atoms with van der Waals surface area (Å²) in [6.07, 6.45) is 2.31. The van der Waals surface area contributed by atoms with Gasteiger partial charge in [-0.25, -0.2) is 4.98 Å². The zero-order chi connectivity index (χ0) is 13.8. The van der Waals surface area contributed by atoms with Crippen molar-refractivity contribution in [2.24, 2.45) is 0 Å². The molecule has 20 heavy (non-hydrogen) atoms. The summed E-state index contributed by atoms with van der Waals surface area (Å²) in [7, 11) is 1.68. The number of ether oxygens (including phenoxy) is 2. The molecule has 1 unspecified atom stereocenters. The van der Waals surface area contributed by atoms with Crippen molar-refractivity contribution in [3.05, 3.63) is 36.0 Å². The Morgan fingerprint density at radius 1 is 1.35 bits per heavy atom. The minimum Gasteiger partial charge on any atom is -0.494 e. The molecule has 1 aliphatic rings. The fourth-order valence-electron chi connectivity index (χ4n) is 2.57. The molecule has 0 aliphatic carbocycles. The topological polar surface area (TPSA) is 43.4 Å². The molecule has 0 bridgehead atoms. The molecule has 1 saturated heterocycles. The van der Waals surface area contributed by atoms with Crippen molar-refractivity contribution in [2.45, 2.75) is 25.4 Å². The normalized spacial score (nSPS) is 19.1. The van der Waals surface area contributed by atoms with Crippen molar-refractivity contribution in [1.29, 1.82) is 0 Å². The maximum absolute atomic E-state index is 5.47. The molecule has 0 spiro atoms. The average molecular weight is 272 g/mol. The van der Waals surface area contributed by atoms with Gasteiger partial charge in [0, 0.05) is 24.6 Å². The maximum atomic E-state index is 5.47. The predicted octanol–water partition coefficient (Wildman–Crippen LogP) is 2.51. The highest BCUT2D eigenvalue weighted by Gasteiger charge is 2.13. The zero-order valence-corrected chi connectivity index (χ0v) is 11.8. The van der Waals surface area contributed by atoms with Crippen molar-refractivity contribution < 1.29 is 9.47 Å². The quantitative estimate of drug-likeness (QED) is 0.928. The second-order valence-corrected chi connectivity index (χ2v) is 5.13. The second kappa shape index (κ2) is 6.20. The van der Waals surface area contributed by atoms with E-state index in [0.717, 1.165) is 48.5 Å². The Balaban J connectivity index is 1.74. The lowest BCUT2D eigenvalue weighted by Crippen LogP contribution is -2.36. The van der Waals surface area contributed by atoms with E-state index >= 15 is 0 Å². The third-order valence-electron chi connectivity index (χ3n) is 3.69. The number of fused-ring (bicyclic) bond motifs is 1. The lowest BCUT2D eigenvalue weighted by atomic mass is 10.1. The van der Waals surface area contributed by atoms with Crippen LogP contribution in [0.5, 0.6) is 5.75 Å². The molecule has 3 rings (SSSR count). The number of nitrogens with one attached hydrogen (secondary N) is 1. The van der Waals surface area contributed by atoms with Gasteiger partial charge in [0.05, 0.1) is 19.4 Å². The summed E-state index contributed by atoms with van der Waals surface area (Å²) in [5.41, 5.74) is 1.96. The molecule has 0 amide bonds. The zero-order valence-electron chi connectivity index (χ0n) is 11.8. The Hall–Kier alpha value is -1.65. The summed E-state index contributed by atoms with van der Waals surface area (Å²) in [4.78, 5) is 4.70. The third-order valence-corrected chi connectivity index (χ3v) is 3.69. The van der Waals surface area contributed by atoms with E-state index in [1.165, 1.54) is 6.42 Å². The molecule has 1 N–H and O–H groups in total. The molecule has 0 saturated carbocycles. The number of hydrogen-bond acceptors (Lipinski definition) is 4. The first-order valence-electron chi connectivity index (χ1n) is 7.10. The van der Waals surface area contributed by atoms with E-state index in [2.05, 4.69) is 23.5 Å². The fourth-order valence-corrected chi connectivity index (χ4v) is 2.57. The Bertz CT molecular complexity index is 580. The first-order valence-corrected chi connectivity index (χ1v) is 7.10. The molecular weight excluding hydrogens is 252 g/mol. The average Bonchev–Trinajstić information content (AvgIpc) is 2.53. The van der Waals surface area contributed by atoms with E-state index in [1.807, 2.05) is 12.1 Å². The molecule has 2 heterocycles. The molecular formula is C16H20N2O2. The van der Waals surface area contributed by atoms with Crippen LogP contribution in [0.3, 0.4) is 0 Å². The summed E-state index contributed by atoms with van der Waals surface area (Å²) < 4.78 is 10.8. The van der Waals surface area contributed by atoms with E-state index in [-0.39, 0.29) is 0 Å². The van der Waals surface area contributed by atoms with Crippen LogP contribution in [0.2, 0.25) is 0 Å². The van der Waals surface area contributed by atoms with Crippen LogP contribution < -0.4 is 10.1 Å². The summed E-state index contributed by atoms with van der Waals surface area (Å²) in [6, 6.07) is 10.6. The van der Waals surface area contributed by atoms with Gasteiger partial charge in [0.15, 0.2) is 0 Å². The van der Waals surface area contributed by atoms with Gasteiger partial charge in [-0.05, 0) is 25.0 Å². The second-order valence-electron chi connectivity index (χ2n) is 5.13. The molecule has 2 aromatic rings. The third kappa shape index (κ3) is 2.92. The largest absolute Gasteiger partial charge is 0.494 e. The van der Waals surface area contributed by atoms with Crippen LogP contribution in [0.25, 0.3) is 10.9 Å². The van der Waals surface area contributed by atoms with E-state index in [1.54, 1.807) is 7.11 Å². The molecule has 4 nitrogen and oxygen atoms in total. The first-order chi connectivity index (χ1) is 9.86. The van der Waals surface area contributed by atoms with E-state index < -0.39 is 0 Å². The Morgan fingerprint density at radius 2 is 2.30 bits per heavy atom. The summed E-state index contributed by atoms with van der Waals surface area (Å²) in [5.74, 6) is 0.824. The molecule has 1 aliphatic heterocycles.